The molecule has 0 spiro atoms. The average Bonchev–Trinajstić information content (AvgIpc) is 3.09. The highest BCUT2D eigenvalue weighted by Crippen LogP contribution is 2.42. The number of primary amides is 1. The smallest absolute Gasteiger partial charge is 0.344 e. The molecule has 1 aromatic heterocycles. The van der Waals surface area contributed by atoms with Crippen molar-refractivity contribution in [1.82, 2.24) is 4.57 Å². The lowest BCUT2D eigenvalue weighted by Crippen LogP contribution is -2.26. The molecule has 2 atom stereocenters. The van der Waals surface area contributed by atoms with E-state index in [-0.39, 0.29) is 11.8 Å². The van der Waals surface area contributed by atoms with E-state index in [9.17, 15) is 14.7 Å². The largest absolute Gasteiger partial charge is 0.479 e. The van der Waals surface area contributed by atoms with Gasteiger partial charge in [-0.15, -0.1) is 0 Å². The van der Waals surface area contributed by atoms with Gasteiger partial charge in [0, 0.05) is 23.1 Å². The highest BCUT2D eigenvalue weighted by atomic mass is 16.5. The molecule has 0 saturated heterocycles. The van der Waals surface area contributed by atoms with Crippen molar-refractivity contribution in [3.63, 3.8) is 0 Å². The summed E-state index contributed by atoms with van der Waals surface area (Å²) in [5, 5.41) is 10.4. The summed E-state index contributed by atoms with van der Waals surface area (Å²) in [5.41, 5.74) is 11.1. The fourth-order valence-electron chi connectivity index (χ4n) is 4.85. The van der Waals surface area contributed by atoms with Gasteiger partial charge in [-0.25, -0.2) is 4.79 Å². The first kappa shape index (κ1) is 21.9. The number of carboxylic acids is 1. The van der Waals surface area contributed by atoms with E-state index in [4.69, 9.17) is 10.5 Å². The second-order valence-electron chi connectivity index (χ2n) is 8.46. The molecular formula is C26H30N2O4. The van der Waals surface area contributed by atoms with Gasteiger partial charge in [0.15, 0.2) is 6.10 Å². The topological polar surface area (TPSA) is 94.6 Å². The molecule has 6 nitrogen and oxygen atoms in total. The zero-order chi connectivity index (χ0) is 22.8. The number of amides is 1. The number of hydrogen-bond acceptors (Lipinski definition) is 3. The van der Waals surface area contributed by atoms with E-state index in [0.29, 0.717) is 25.1 Å². The summed E-state index contributed by atoms with van der Waals surface area (Å²) in [5.74, 6) is -1.07. The average molecular weight is 435 g/mol. The lowest BCUT2D eigenvalue weighted by atomic mass is 9.84. The van der Waals surface area contributed by atoms with Gasteiger partial charge in [0.2, 0.25) is 5.91 Å². The highest BCUT2D eigenvalue weighted by Gasteiger charge is 2.32. The Morgan fingerprint density at radius 2 is 1.97 bits per heavy atom. The Kier molecular flexibility index (Phi) is 6.21. The normalized spacial score (nSPS) is 16.5. The van der Waals surface area contributed by atoms with E-state index in [1.807, 2.05) is 31.2 Å². The molecule has 3 aromatic rings. The van der Waals surface area contributed by atoms with Gasteiger partial charge in [-0.2, -0.15) is 0 Å². The Balaban J connectivity index is 1.93. The number of aromatic nitrogens is 1. The van der Waals surface area contributed by atoms with Crippen LogP contribution < -0.4 is 10.5 Å². The molecule has 0 aliphatic heterocycles. The second-order valence-corrected chi connectivity index (χ2v) is 8.46. The van der Waals surface area contributed by atoms with E-state index < -0.39 is 12.1 Å². The lowest BCUT2D eigenvalue weighted by Gasteiger charge is -2.22. The summed E-state index contributed by atoms with van der Waals surface area (Å²) in [6.45, 7) is 4.53. The van der Waals surface area contributed by atoms with Gasteiger partial charge in [0.25, 0.3) is 0 Å². The van der Waals surface area contributed by atoms with E-state index in [2.05, 4.69) is 22.8 Å². The van der Waals surface area contributed by atoms with Crippen LogP contribution in [-0.2, 0) is 29.0 Å². The van der Waals surface area contributed by atoms with Crippen LogP contribution in [0.15, 0.2) is 42.5 Å². The third-order valence-electron chi connectivity index (χ3n) is 6.47. The standard InChI is InChI=1S/C26H30N2O4/c1-3-17-13-21-19(14-23(17)32-22(4-2)26(30)31)24-18(25(27)29)11-8-12-20(24)28(21)15-16-9-6-5-7-10-16/h5-7,9-10,13-14,18,22H,3-4,8,11-12,15H2,1-2H3,(H2,27,29)(H,30,31). The summed E-state index contributed by atoms with van der Waals surface area (Å²) >= 11 is 0. The SMILES string of the molecule is CCc1cc2c(cc1OC(CC)C(=O)O)c1c(n2Cc2ccccc2)CCCC1C(N)=O. The molecule has 0 saturated carbocycles. The number of nitrogens with two attached hydrogens (primary N) is 1. The number of aryl methyl sites for hydroxylation is 1. The summed E-state index contributed by atoms with van der Waals surface area (Å²) in [6.07, 6.45) is 2.69. The zero-order valence-corrected chi connectivity index (χ0v) is 18.6. The third-order valence-corrected chi connectivity index (χ3v) is 6.47. The fraction of sp³-hybridized carbons (Fsp3) is 0.385. The summed E-state index contributed by atoms with van der Waals surface area (Å²) in [6, 6.07) is 14.3. The van der Waals surface area contributed by atoms with Crippen molar-refractivity contribution in [1.29, 1.82) is 0 Å². The van der Waals surface area contributed by atoms with Crippen molar-refractivity contribution in [2.45, 2.75) is 64.5 Å². The summed E-state index contributed by atoms with van der Waals surface area (Å²) in [4.78, 5) is 23.9. The maximum atomic E-state index is 12.4. The molecule has 1 aliphatic rings. The Labute approximate surface area is 188 Å². The highest BCUT2D eigenvalue weighted by molar-refractivity contribution is 5.95. The first-order valence-corrected chi connectivity index (χ1v) is 11.3. The number of fused-ring (bicyclic) bond motifs is 3. The number of benzene rings is 2. The number of rotatable bonds is 8. The Morgan fingerprint density at radius 1 is 1.22 bits per heavy atom. The van der Waals surface area contributed by atoms with Crippen LogP contribution in [0.4, 0.5) is 0 Å². The van der Waals surface area contributed by atoms with Crippen LogP contribution in [0.3, 0.4) is 0 Å². The van der Waals surface area contributed by atoms with Gasteiger partial charge in [0.05, 0.1) is 5.92 Å². The van der Waals surface area contributed by atoms with Crippen LogP contribution in [0.2, 0.25) is 0 Å². The summed E-state index contributed by atoms with van der Waals surface area (Å²) < 4.78 is 8.24. The van der Waals surface area contributed by atoms with Gasteiger partial charge in [-0.1, -0.05) is 44.2 Å². The number of ether oxygens (including phenoxy) is 1. The molecule has 6 heteroatoms. The predicted octanol–water partition coefficient (Wildman–Crippen LogP) is 4.40. The molecule has 0 fully saturated rings. The maximum absolute atomic E-state index is 12.4. The number of hydrogen-bond donors (Lipinski definition) is 2. The van der Waals surface area contributed by atoms with Crippen molar-refractivity contribution in [2.75, 3.05) is 0 Å². The molecule has 0 bridgehead atoms. The molecule has 168 valence electrons. The van der Waals surface area contributed by atoms with E-state index in [0.717, 1.165) is 47.0 Å². The quantitative estimate of drug-likeness (QED) is 0.549. The molecule has 2 aromatic carbocycles. The number of nitrogens with zero attached hydrogens (tertiary/aromatic N) is 1. The van der Waals surface area contributed by atoms with Gasteiger partial charge < -0.3 is 20.1 Å². The lowest BCUT2D eigenvalue weighted by molar-refractivity contribution is -0.145. The van der Waals surface area contributed by atoms with Crippen LogP contribution in [0.25, 0.3) is 10.9 Å². The Bertz CT molecular complexity index is 1150. The zero-order valence-electron chi connectivity index (χ0n) is 18.6. The third kappa shape index (κ3) is 3.97. The van der Waals surface area contributed by atoms with E-state index >= 15 is 0 Å². The molecule has 4 rings (SSSR count). The maximum Gasteiger partial charge on any atom is 0.344 e. The number of carbonyl (C=O) groups excluding carboxylic acids is 1. The van der Waals surface area contributed by atoms with Gasteiger partial charge in [0.1, 0.15) is 5.75 Å². The first-order chi connectivity index (χ1) is 15.4. The van der Waals surface area contributed by atoms with E-state index in [1.54, 1.807) is 6.92 Å². The minimum absolute atomic E-state index is 0.316. The molecule has 1 heterocycles. The van der Waals surface area contributed by atoms with Gasteiger partial charge >= 0.3 is 5.97 Å². The van der Waals surface area contributed by atoms with Crippen LogP contribution in [-0.4, -0.2) is 27.7 Å². The second kappa shape index (κ2) is 9.07. The van der Waals surface area contributed by atoms with Crippen molar-refractivity contribution in [2.24, 2.45) is 5.73 Å². The Morgan fingerprint density at radius 3 is 2.59 bits per heavy atom. The minimum Gasteiger partial charge on any atom is -0.479 e. The minimum atomic E-state index is -0.978. The molecular weight excluding hydrogens is 404 g/mol. The van der Waals surface area contributed by atoms with E-state index in [1.165, 1.54) is 5.56 Å². The van der Waals surface area contributed by atoms with Gasteiger partial charge in [-0.3, -0.25) is 4.79 Å². The van der Waals surface area contributed by atoms with Crippen LogP contribution in [0.1, 0.15) is 61.4 Å². The molecule has 2 unspecified atom stereocenters. The number of carboxylic acid groups (broad SMARTS) is 1. The molecule has 3 N–H and O–H groups in total. The van der Waals surface area contributed by atoms with Crippen molar-refractivity contribution >= 4 is 22.8 Å². The molecule has 1 aliphatic carbocycles. The van der Waals surface area contributed by atoms with Crippen molar-refractivity contribution < 1.29 is 19.4 Å². The molecule has 32 heavy (non-hydrogen) atoms. The predicted molar refractivity (Wildman–Crippen MR) is 124 cm³/mol. The van der Waals surface area contributed by atoms with Crippen LogP contribution in [0, 0.1) is 0 Å². The van der Waals surface area contributed by atoms with Gasteiger partial charge in [-0.05, 0) is 60.9 Å². The van der Waals surface area contributed by atoms with Crippen LogP contribution in [0.5, 0.6) is 5.75 Å². The first-order valence-electron chi connectivity index (χ1n) is 11.3. The number of carbonyl (C=O) groups is 2. The summed E-state index contributed by atoms with van der Waals surface area (Å²) in [7, 11) is 0. The number of aliphatic carboxylic acids is 1. The fourth-order valence-corrected chi connectivity index (χ4v) is 4.85. The van der Waals surface area contributed by atoms with Crippen molar-refractivity contribution in [3.8, 4) is 5.75 Å². The Hall–Kier alpha value is -3.28. The van der Waals surface area contributed by atoms with Crippen LogP contribution >= 0.6 is 0 Å². The molecule has 0 radical (unpaired) electrons. The monoisotopic (exact) mass is 434 g/mol. The molecule has 1 amide bonds. The van der Waals surface area contributed by atoms with Crippen molar-refractivity contribution in [3.05, 3.63) is 64.8 Å².